The fraction of sp³-hybridized carbons (Fsp3) is 0.421. The van der Waals surface area contributed by atoms with E-state index in [2.05, 4.69) is 25.5 Å². The Morgan fingerprint density at radius 1 is 1.11 bits per heavy atom. The molecule has 0 atom stereocenters. The largest absolute Gasteiger partial charge is 0.493 e. The number of ether oxygens (including phenoxy) is 2. The molecule has 1 heterocycles. The molecule has 0 spiro atoms. The molecule has 0 saturated heterocycles. The minimum absolute atomic E-state index is 0.213. The lowest BCUT2D eigenvalue weighted by Gasteiger charge is -2.12. The van der Waals surface area contributed by atoms with E-state index in [9.17, 15) is 4.79 Å². The number of methoxy groups -OCH3 is 2. The third-order valence-corrected chi connectivity index (χ3v) is 3.79. The van der Waals surface area contributed by atoms with Gasteiger partial charge in [0, 0.05) is 24.0 Å². The lowest BCUT2D eigenvalue weighted by molar-refractivity contribution is 0.0947. The lowest BCUT2D eigenvalue weighted by Crippen LogP contribution is -2.28. The van der Waals surface area contributed by atoms with Gasteiger partial charge >= 0.3 is 0 Å². The van der Waals surface area contributed by atoms with E-state index in [1.54, 1.807) is 32.4 Å². The molecule has 0 radical (unpaired) electrons. The van der Waals surface area contributed by atoms with Crippen molar-refractivity contribution in [3.05, 3.63) is 35.7 Å². The molecule has 0 unspecified atom stereocenters. The minimum Gasteiger partial charge on any atom is -0.493 e. The van der Waals surface area contributed by atoms with Crippen LogP contribution in [0.25, 0.3) is 0 Å². The summed E-state index contributed by atoms with van der Waals surface area (Å²) in [5.41, 5.74) is 1.76. The number of hydrogen-bond acceptors (Lipinski definition) is 7. The SMILES string of the molecule is COc1ccc(Nc2nc(C)cc(C(=O)NCCCN(C)C)n2)cc1OC. The molecule has 8 nitrogen and oxygen atoms in total. The Balaban J connectivity index is 2.09. The molecule has 1 amide bonds. The van der Waals surface area contributed by atoms with Crippen molar-refractivity contribution in [3.63, 3.8) is 0 Å². The highest BCUT2D eigenvalue weighted by molar-refractivity contribution is 5.92. The van der Waals surface area contributed by atoms with E-state index in [4.69, 9.17) is 9.47 Å². The third kappa shape index (κ3) is 6.10. The monoisotopic (exact) mass is 373 g/mol. The molecular weight excluding hydrogens is 346 g/mol. The Labute approximate surface area is 159 Å². The number of benzene rings is 1. The molecule has 2 rings (SSSR count). The summed E-state index contributed by atoms with van der Waals surface area (Å²) < 4.78 is 10.5. The van der Waals surface area contributed by atoms with Gasteiger partial charge < -0.3 is 25.0 Å². The number of aromatic nitrogens is 2. The normalized spacial score (nSPS) is 10.6. The molecule has 0 aliphatic rings. The minimum atomic E-state index is -0.213. The van der Waals surface area contributed by atoms with Crippen molar-refractivity contribution in [2.45, 2.75) is 13.3 Å². The van der Waals surface area contributed by atoms with Gasteiger partial charge in [-0.25, -0.2) is 9.97 Å². The quantitative estimate of drug-likeness (QED) is 0.652. The van der Waals surface area contributed by atoms with E-state index < -0.39 is 0 Å². The second-order valence-corrected chi connectivity index (χ2v) is 6.33. The van der Waals surface area contributed by atoms with Crippen molar-refractivity contribution in [3.8, 4) is 11.5 Å². The molecule has 2 aromatic rings. The van der Waals surface area contributed by atoms with Crippen LogP contribution in [0.3, 0.4) is 0 Å². The van der Waals surface area contributed by atoms with Gasteiger partial charge in [0.1, 0.15) is 5.69 Å². The van der Waals surface area contributed by atoms with E-state index in [0.29, 0.717) is 35.4 Å². The molecular formula is C19H27N5O3. The molecule has 0 fully saturated rings. The molecule has 0 aliphatic carbocycles. The standard InChI is InChI=1S/C19H27N5O3/c1-13-11-15(18(25)20-9-6-10-24(2)3)23-19(21-13)22-14-7-8-16(26-4)17(12-14)27-5/h7-8,11-12H,6,9-10H2,1-5H3,(H,20,25)(H,21,22,23). The first kappa shape index (κ1) is 20.4. The lowest BCUT2D eigenvalue weighted by atomic mass is 10.2. The first-order chi connectivity index (χ1) is 12.9. The number of nitrogens with one attached hydrogen (secondary N) is 2. The zero-order valence-electron chi connectivity index (χ0n) is 16.5. The van der Waals surface area contributed by atoms with Crippen molar-refractivity contribution in [1.29, 1.82) is 0 Å². The highest BCUT2D eigenvalue weighted by Crippen LogP contribution is 2.30. The van der Waals surface area contributed by atoms with Gasteiger partial charge in [-0.2, -0.15) is 0 Å². The number of anilines is 2. The van der Waals surface area contributed by atoms with Crippen LogP contribution in [0.15, 0.2) is 24.3 Å². The fourth-order valence-corrected chi connectivity index (χ4v) is 2.47. The van der Waals surface area contributed by atoms with Crippen LogP contribution < -0.4 is 20.1 Å². The second-order valence-electron chi connectivity index (χ2n) is 6.33. The average molecular weight is 373 g/mol. The Hall–Kier alpha value is -2.87. The number of carbonyl (C=O) groups is 1. The Kier molecular flexibility index (Phi) is 7.36. The van der Waals surface area contributed by atoms with Gasteiger partial charge in [0.05, 0.1) is 14.2 Å². The zero-order chi connectivity index (χ0) is 19.8. The number of nitrogens with zero attached hydrogens (tertiary/aromatic N) is 3. The maximum atomic E-state index is 12.4. The maximum Gasteiger partial charge on any atom is 0.270 e. The van der Waals surface area contributed by atoms with Crippen LogP contribution in [0.2, 0.25) is 0 Å². The Bertz CT molecular complexity index is 780. The molecule has 27 heavy (non-hydrogen) atoms. The van der Waals surface area contributed by atoms with Crippen molar-refractivity contribution >= 4 is 17.5 Å². The van der Waals surface area contributed by atoms with Crippen LogP contribution in [-0.2, 0) is 0 Å². The highest BCUT2D eigenvalue weighted by Gasteiger charge is 2.11. The summed E-state index contributed by atoms with van der Waals surface area (Å²) in [5, 5.41) is 5.99. The Morgan fingerprint density at radius 2 is 1.85 bits per heavy atom. The predicted octanol–water partition coefficient (Wildman–Crippen LogP) is 2.23. The maximum absolute atomic E-state index is 12.4. The first-order valence-corrected chi connectivity index (χ1v) is 8.70. The topological polar surface area (TPSA) is 88.6 Å². The van der Waals surface area contributed by atoms with Crippen LogP contribution in [0.1, 0.15) is 22.6 Å². The number of carbonyl (C=O) groups excluding carboxylic acids is 1. The van der Waals surface area contributed by atoms with Crippen molar-refractivity contribution in [2.75, 3.05) is 46.7 Å². The van der Waals surface area contributed by atoms with Crippen LogP contribution >= 0.6 is 0 Å². The summed E-state index contributed by atoms with van der Waals surface area (Å²) in [4.78, 5) is 23.1. The molecule has 2 N–H and O–H groups in total. The van der Waals surface area contributed by atoms with Gasteiger partial charge in [-0.15, -0.1) is 0 Å². The third-order valence-electron chi connectivity index (χ3n) is 3.79. The van der Waals surface area contributed by atoms with E-state index in [0.717, 1.165) is 18.7 Å². The van der Waals surface area contributed by atoms with Crippen LogP contribution in [0, 0.1) is 6.92 Å². The van der Waals surface area contributed by atoms with Gasteiger partial charge in [0.2, 0.25) is 5.95 Å². The van der Waals surface area contributed by atoms with Gasteiger partial charge in [-0.1, -0.05) is 0 Å². The number of amides is 1. The summed E-state index contributed by atoms with van der Waals surface area (Å²) in [6.07, 6.45) is 0.875. The molecule has 8 heteroatoms. The number of hydrogen-bond donors (Lipinski definition) is 2. The molecule has 1 aromatic heterocycles. The first-order valence-electron chi connectivity index (χ1n) is 8.70. The summed E-state index contributed by atoms with van der Waals surface area (Å²) in [7, 11) is 7.16. The second kappa shape index (κ2) is 9.72. The van der Waals surface area contributed by atoms with Crippen LogP contribution in [0.4, 0.5) is 11.6 Å². The molecule has 1 aromatic carbocycles. The molecule has 0 saturated carbocycles. The number of aryl methyl sites for hydroxylation is 1. The summed E-state index contributed by atoms with van der Waals surface area (Å²) >= 11 is 0. The molecule has 0 bridgehead atoms. The fourth-order valence-electron chi connectivity index (χ4n) is 2.47. The highest BCUT2D eigenvalue weighted by atomic mass is 16.5. The van der Waals surface area contributed by atoms with E-state index >= 15 is 0 Å². The molecule has 146 valence electrons. The zero-order valence-corrected chi connectivity index (χ0v) is 16.5. The Morgan fingerprint density at radius 3 is 2.52 bits per heavy atom. The van der Waals surface area contributed by atoms with Crippen LogP contribution in [0.5, 0.6) is 11.5 Å². The van der Waals surface area contributed by atoms with Crippen LogP contribution in [-0.4, -0.2) is 62.2 Å². The van der Waals surface area contributed by atoms with Gasteiger partial charge in [0.15, 0.2) is 11.5 Å². The number of rotatable bonds is 9. The van der Waals surface area contributed by atoms with E-state index in [1.807, 2.05) is 27.1 Å². The summed E-state index contributed by atoms with van der Waals surface area (Å²) in [6, 6.07) is 7.07. The van der Waals surface area contributed by atoms with Gasteiger partial charge in [0.25, 0.3) is 5.91 Å². The predicted molar refractivity (Wildman–Crippen MR) is 105 cm³/mol. The average Bonchev–Trinajstić information content (AvgIpc) is 2.64. The van der Waals surface area contributed by atoms with Gasteiger partial charge in [-0.3, -0.25) is 4.79 Å². The summed E-state index contributed by atoms with van der Waals surface area (Å²) in [6.45, 7) is 3.33. The van der Waals surface area contributed by atoms with E-state index in [-0.39, 0.29) is 5.91 Å². The van der Waals surface area contributed by atoms with Crippen molar-refractivity contribution < 1.29 is 14.3 Å². The molecule has 0 aliphatic heterocycles. The van der Waals surface area contributed by atoms with Gasteiger partial charge in [-0.05, 0) is 52.2 Å². The van der Waals surface area contributed by atoms with Crippen molar-refractivity contribution in [1.82, 2.24) is 20.2 Å². The van der Waals surface area contributed by atoms with Crippen molar-refractivity contribution in [2.24, 2.45) is 0 Å². The van der Waals surface area contributed by atoms with E-state index in [1.165, 1.54) is 0 Å². The smallest absolute Gasteiger partial charge is 0.270 e. The summed E-state index contributed by atoms with van der Waals surface area (Å²) in [5.74, 6) is 1.36.